The fourth-order valence-electron chi connectivity index (χ4n) is 5.87. The molecule has 0 spiro atoms. The lowest BCUT2D eigenvalue weighted by molar-refractivity contribution is 0.979. The molecule has 0 unspecified atom stereocenters. The van der Waals surface area contributed by atoms with Gasteiger partial charge in [0.25, 0.3) is 0 Å². The second kappa shape index (κ2) is 11.0. The molecule has 0 saturated carbocycles. The SMILES string of the molecule is [C-]#[N+]c1c(-c2ccccc2)nn2c(-c3ccccc3)cc3cc(-c4cc(-c5ccccc5)nc(-c5ccccc5)n4)ccc3c12. The molecule has 45 heavy (non-hydrogen) atoms. The summed E-state index contributed by atoms with van der Waals surface area (Å²) in [6, 6.07) is 51.0. The largest absolute Gasteiger partial charge is 0.243 e. The first kappa shape index (κ1) is 26.3. The van der Waals surface area contributed by atoms with E-state index in [0.29, 0.717) is 17.2 Å². The lowest BCUT2D eigenvalue weighted by atomic mass is 10.00. The summed E-state index contributed by atoms with van der Waals surface area (Å²) in [4.78, 5) is 14.0. The summed E-state index contributed by atoms with van der Waals surface area (Å²) < 4.78 is 1.93. The van der Waals surface area contributed by atoms with Gasteiger partial charge in [-0.25, -0.2) is 19.3 Å². The molecule has 0 radical (unpaired) electrons. The number of nitrogens with zero attached hydrogens (tertiary/aromatic N) is 5. The number of hydrogen-bond donors (Lipinski definition) is 0. The number of pyridine rings is 1. The van der Waals surface area contributed by atoms with Crippen molar-refractivity contribution < 1.29 is 0 Å². The summed E-state index contributed by atoms with van der Waals surface area (Å²) in [7, 11) is 0. The van der Waals surface area contributed by atoms with E-state index in [9.17, 15) is 0 Å². The van der Waals surface area contributed by atoms with Gasteiger partial charge in [-0.05, 0) is 34.5 Å². The highest BCUT2D eigenvalue weighted by Crippen LogP contribution is 2.41. The zero-order chi connectivity index (χ0) is 30.2. The molecule has 0 saturated heterocycles. The molecule has 8 rings (SSSR count). The van der Waals surface area contributed by atoms with Crippen molar-refractivity contribution in [3.05, 3.63) is 163 Å². The molecule has 0 aliphatic rings. The van der Waals surface area contributed by atoms with Gasteiger partial charge < -0.3 is 0 Å². The molecule has 0 atom stereocenters. The van der Waals surface area contributed by atoms with Crippen LogP contribution in [0.15, 0.2) is 152 Å². The Morgan fingerprint density at radius 2 is 1.07 bits per heavy atom. The third-order valence-electron chi connectivity index (χ3n) is 8.04. The molecule has 0 amide bonds. The Bertz CT molecular complexity index is 2300. The summed E-state index contributed by atoms with van der Waals surface area (Å²) in [6.45, 7) is 8.23. The average Bonchev–Trinajstić information content (AvgIpc) is 3.52. The van der Waals surface area contributed by atoms with Gasteiger partial charge in [-0.15, -0.1) is 0 Å². The van der Waals surface area contributed by atoms with Crippen LogP contribution in [-0.2, 0) is 0 Å². The van der Waals surface area contributed by atoms with Gasteiger partial charge in [0.2, 0.25) is 5.69 Å². The Labute approximate surface area is 260 Å². The van der Waals surface area contributed by atoms with Gasteiger partial charge in [-0.1, -0.05) is 133 Å². The van der Waals surface area contributed by atoms with Gasteiger partial charge in [-0.2, -0.15) is 5.10 Å². The number of benzene rings is 5. The first-order chi connectivity index (χ1) is 22.3. The minimum atomic E-state index is 0.538. The monoisotopic (exact) mass is 575 g/mol. The number of fused-ring (bicyclic) bond motifs is 3. The van der Waals surface area contributed by atoms with Crippen LogP contribution in [0.1, 0.15) is 0 Å². The van der Waals surface area contributed by atoms with E-state index >= 15 is 0 Å². The maximum Gasteiger partial charge on any atom is 0.240 e. The first-order valence-electron chi connectivity index (χ1n) is 14.7. The van der Waals surface area contributed by atoms with Crippen LogP contribution < -0.4 is 0 Å². The fourth-order valence-corrected chi connectivity index (χ4v) is 5.87. The van der Waals surface area contributed by atoms with Gasteiger partial charge in [0.1, 0.15) is 5.69 Å². The minimum absolute atomic E-state index is 0.538. The van der Waals surface area contributed by atoms with Crippen LogP contribution in [-0.4, -0.2) is 19.6 Å². The van der Waals surface area contributed by atoms with Crippen molar-refractivity contribution in [3.8, 4) is 56.4 Å². The Balaban J connectivity index is 1.39. The van der Waals surface area contributed by atoms with E-state index in [1.54, 1.807) is 0 Å². The highest BCUT2D eigenvalue weighted by molar-refractivity contribution is 6.08. The zero-order valence-corrected chi connectivity index (χ0v) is 24.2. The summed E-state index contributed by atoms with van der Waals surface area (Å²) in [5.41, 5.74) is 9.51. The molecule has 3 heterocycles. The molecule has 0 N–H and O–H groups in total. The fraction of sp³-hybridized carbons (Fsp3) is 0. The van der Waals surface area contributed by atoms with Crippen molar-refractivity contribution in [3.63, 3.8) is 0 Å². The van der Waals surface area contributed by atoms with Gasteiger partial charge in [0, 0.05) is 22.3 Å². The predicted octanol–water partition coefficient (Wildman–Crippen LogP) is 10.2. The molecule has 210 valence electrons. The topological polar surface area (TPSA) is 47.4 Å². The molecule has 0 aliphatic heterocycles. The number of hydrogen-bond acceptors (Lipinski definition) is 3. The summed E-state index contributed by atoms with van der Waals surface area (Å²) in [5.74, 6) is 0.672. The standard InChI is InChI=1S/C40H25N5/c1-41-38-37(29-18-10-4-11-19-29)44-45-36(28-16-8-3-9-17-28)25-32-24-31(22-23-33(32)39(38)45)35-26-34(27-14-6-2-7-15-27)42-40(43-35)30-20-12-5-13-21-30/h2-26H. The maximum absolute atomic E-state index is 8.23. The molecule has 5 aromatic carbocycles. The molecule has 5 heteroatoms. The quantitative estimate of drug-likeness (QED) is 0.192. The molecule has 0 bridgehead atoms. The number of aromatic nitrogens is 4. The lowest BCUT2D eigenvalue weighted by Gasteiger charge is -2.12. The normalized spacial score (nSPS) is 11.1. The highest BCUT2D eigenvalue weighted by Gasteiger charge is 2.21. The van der Waals surface area contributed by atoms with Crippen molar-refractivity contribution in [1.29, 1.82) is 0 Å². The van der Waals surface area contributed by atoms with Gasteiger partial charge in [0.15, 0.2) is 5.82 Å². The van der Waals surface area contributed by atoms with E-state index in [-0.39, 0.29) is 0 Å². The molecular formula is C40H25N5. The summed E-state index contributed by atoms with van der Waals surface area (Å²) in [5, 5.41) is 7.00. The summed E-state index contributed by atoms with van der Waals surface area (Å²) >= 11 is 0. The Hall–Kier alpha value is -6.38. The zero-order valence-electron chi connectivity index (χ0n) is 24.2. The molecule has 5 nitrogen and oxygen atoms in total. The number of rotatable bonds is 5. The van der Waals surface area contributed by atoms with Crippen LogP contribution in [0.5, 0.6) is 0 Å². The van der Waals surface area contributed by atoms with Gasteiger partial charge in [0.05, 0.1) is 29.2 Å². The Kier molecular flexibility index (Phi) is 6.44. The second-order valence-electron chi connectivity index (χ2n) is 10.8. The van der Waals surface area contributed by atoms with E-state index < -0.39 is 0 Å². The van der Waals surface area contributed by atoms with Crippen molar-refractivity contribution in [2.45, 2.75) is 0 Å². The smallest absolute Gasteiger partial charge is 0.240 e. The van der Waals surface area contributed by atoms with E-state index in [2.05, 4.69) is 59.4 Å². The van der Waals surface area contributed by atoms with Gasteiger partial charge in [-0.3, -0.25) is 0 Å². The van der Waals surface area contributed by atoms with Crippen molar-refractivity contribution in [1.82, 2.24) is 19.6 Å². The van der Waals surface area contributed by atoms with E-state index in [1.807, 2.05) is 102 Å². The second-order valence-corrected chi connectivity index (χ2v) is 10.8. The Morgan fingerprint density at radius 3 is 1.69 bits per heavy atom. The maximum atomic E-state index is 8.23. The van der Waals surface area contributed by atoms with Crippen molar-refractivity contribution >= 4 is 22.0 Å². The van der Waals surface area contributed by atoms with Crippen LogP contribution in [0.3, 0.4) is 0 Å². The lowest BCUT2D eigenvalue weighted by Crippen LogP contribution is -1.97. The molecule has 3 aromatic heterocycles. The van der Waals surface area contributed by atoms with E-state index in [1.165, 1.54) is 0 Å². The van der Waals surface area contributed by atoms with Crippen LogP contribution in [0.4, 0.5) is 5.69 Å². The third-order valence-corrected chi connectivity index (χ3v) is 8.04. The molecule has 8 aromatic rings. The highest BCUT2D eigenvalue weighted by atomic mass is 15.2. The van der Waals surface area contributed by atoms with Gasteiger partial charge >= 0.3 is 0 Å². The third kappa shape index (κ3) is 4.71. The minimum Gasteiger partial charge on any atom is -0.243 e. The first-order valence-corrected chi connectivity index (χ1v) is 14.7. The van der Waals surface area contributed by atoms with Crippen molar-refractivity contribution in [2.75, 3.05) is 0 Å². The predicted molar refractivity (Wildman–Crippen MR) is 182 cm³/mol. The van der Waals surface area contributed by atoms with E-state index in [4.69, 9.17) is 21.6 Å². The average molecular weight is 576 g/mol. The van der Waals surface area contributed by atoms with E-state index in [0.717, 1.165) is 61.2 Å². The van der Waals surface area contributed by atoms with Crippen LogP contribution in [0.25, 0.3) is 77.6 Å². The molecule has 0 aliphatic carbocycles. The van der Waals surface area contributed by atoms with Crippen LogP contribution in [0, 0.1) is 6.57 Å². The molecular weight excluding hydrogens is 550 g/mol. The van der Waals surface area contributed by atoms with Crippen LogP contribution >= 0.6 is 0 Å². The Morgan fingerprint density at radius 1 is 0.511 bits per heavy atom. The van der Waals surface area contributed by atoms with Crippen LogP contribution in [0.2, 0.25) is 0 Å². The molecule has 0 fully saturated rings. The summed E-state index contributed by atoms with van der Waals surface area (Å²) in [6.07, 6.45) is 0. The van der Waals surface area contributed by atoms with Crippen molar-refractivity contribution in [2.24, 2.45) is 0 Å².